The van der Waals surface area contributed by atoms with Crippen LogP contribution in [0.25, 0.3) is 0 Å². The van der Waals surface area contributed by atoms with E-state index in [2.05, 4.69) is 5.32 Å². The Hall–Kier alpha value is -1.69. The first-order chi connectivity index (χ1) is 8.32. The highest BCUT2D eigenvalue weighted by molar-refractivity contribution is 5.95. The molecular formula is C12H16F2N2O2. The van der Waals surface area contributed by atoms with Gasteiger partial charge in [0, 0.05) is 6.54 Å². The molecule has 4 N–H and O–H groups in total. The Morgan fingerprint density at radius 2 is 2.06 bits per heavy atom. The van der Waals surface area contributed by atoms with E-state index in [0.29, 0.717) is 0 Å². The van der Waals surface area contributed by atoms with Crippen molar-refractivity contribution in [3.8, 4) is 0 Å². The molecule has 0 saturated carbocycles. The van der Waals surface area contributed by atoms with E-state index in [-0.39, 0.29) is 12.5 Å². The highest BCUT2D eigenvalue weighted by Gasteiger charge is 2.17. The summed E-state index contributed by atoms with van der Waals surface area (Å²) in [6.45, 7) is 3.52. The molecule has 0 fully saturated rings. The molecule has 0 aliphatic heterocycles. The number of halogens is 2. The number of hydrogen-bond donors (Lipinski definition) is 3. The first kappa shape index (κ1) is 14.4. The molecule has 0 spiro atoms. The third kappa shape index (κ3) is 3.40. The molecule has 100 valence electrons. The normalized spacial score (nSPS) is 12.6. The summed E-state index contributed by atoms with van der Waals surface area (Å²) >= 11 is 0. The maximum Gasteiger partial charge on any atom is 0.254 e. The molecule has 18 heavy (non-hydrogen) atoms. The van der Waals surface area contributed by atoms with Crippen LogP contribution in [0.5, 0.6) is 0 Å². The molecule has 1 aromatic rings. The van der Waals surface area contributed by atoms with Gasteiger partial charge in [-0.25, -0.2) is 8.78 Å². The van der Waals surface area contributed by atoms with Gasteiger partial charge < -0.3 is 16.2 Å². The number of carbonyl (C=O) groups excluding carboxylic acids is 1. The number of aliphatic hydroxyl groups is 1. The predicted octanol–water partition coefficient (Wildman–Crippen LogP) is 1.29. The van der Waals surface area contributed by atoms with Gasteiger partial charge in [-0.15, -0.1) is 0 Å². The Kier molecular flexibility index (Phi) is 4.61. The number of aliphatic hydroxyl groups excluding tert-OH is 1. The molecule has 1 rings (SSSR count). The van der Waals surface area contributed by atoms with Crippen LogP contribution in [0.1, 0.15) is 24.2 Å². The van der Waals surface area contributed by atoms with Crippen LogP contribution in [-0.2, 0) is 0 Å². The Bertz CT molecular complexity index is 450. The van der Waals surface area contributed by atoms with Gasteiger partial charge in [0.05, 0.1) is 17.4 Å². The van der Waals surface area contributed by atoms with Gasteiger partial charge in [-0.05, 0) is 18.1 Å². The van der Waals surface area contributed by atoms with Crippen molar-refractivity contribution in [3.63, 3.8) is 0 Å². The fourth-order valence-electron chi connectivity index (χ4n) is 1.30. The molecular weight excluding hydrogens is 242 g/mol. The van der Waals surface area contributed by atoms with Crippen molar-refractivity contribution in [2.75, 3.05) is 12.3 Å². The van der Waals surface area contributed by atoms with Gasteiger partial charge in [-0.1, -0.05) is 13.8 Å². The van der Waals surface area contributed by atoms with E-state index in [9.17, 15) is 18.7 Å². The molecule has 0 bridgehead atoms. The highest BCUT2D eigenvalue weighted by Crippen LogP contribution is 2.17. The van der Waals surface area contributed by atoms with Crippen molar-refractivity contribution in [1.82, 2.24) is 5.32 Å². The summed E-state index contributed by atoms with van der Waals surface area (Å²) in [5.74, 6) is -2.61. The van der Waals surface area contributed by atoms with E-state index in [0.717, 1.165) is 12.1 Å². The molecule has 0 radical (unpaired) electrons. The molecule has 1 amide bonds. The SMILES string of the molecule is CC(C)C(O)CNC(=O)c1cc(F)cc(N)c1F. The first-order valence-corrected chi connectivity index (χ1v) is 5.53. The second-order valence-corrected chi connectivity index (χ2v) is 4.38. The molecule has 0 aromatic heterocycles. The summed E-state index contributed by atoms with van der Waals surface area (Å²) in [5, 5.41) is 11.8. The first-order valence-electron chi connectivity index (χ1n) is 5.53. The minimum Gasteiger partial charge on any atom is -0.396 e. The van der Waals surface area contributed by atoms with Crippen LogP contribution in [0.2, 0.25) is 0 Å². The van der Waals surface area contributed by atoms with Gasteiger partial charge in [0.25, 0.3) is 5.91 Å². The summed E-state index contributed by atoms with van der Waals surface area (Å²) in [7, 11) is 0. The zero-order valence-corrected chi connectivity index (χ0v) is 10.2. The number of anilines is 1. The van der Waals surface area contributed by atoms with Crippen molar-refractivity contribution < 1.29 is 18.7 Å². The van der Waals surface area contributed by atoms with Gasteiger partial charge in [-0.3, -0.25) is 4.79 Å². The van der Waals surface area contributed by atoms with Crippen LogP contribution in [0.15, 0.2) is 12.1 Å². The summed E-state index contributed by atoms with van der Waals surface area (Å²) in [6.07, 6.45) is -0.747. The predicted molar refractivity (Wildman–Crippen MR) is 63.9 cm³/mol. The van der Waals surface area contributed by atoms with E-state index in [1.54, 1.807) is 13.8 Å². The lowest BCUT2D eigenvalue weighted by molar-refractivity contribution is 0.0867. The standard InChI is InChI=1S/C12H16F2N2O2/c1-6(2)10(17)5-16-12(18)8-3-7(13)4-9(15)11(8)14/h3-4,6,10,17H,5,15H2,1-2H3,(H,16,18). The van der Waals surface area contributed by atoms with E-state index in [1.165, 1.54) is 0 Å². The number of benzene rings is 1. The van der Waals surface area contributed by atoms with Crippen LogP contribution in [0.4, 0.5) is 14.5 Å². The summed E-state index contributed by atoms with van der Waals surface area (Å²) in [4.78, 5) is 11.6. The Balaban J connectivity index is 2.79. The van der Waals surface area contributed by atoms with Gasteiger partial charge in [0.1, 0.15) is 5.82 Å². The number of hydrogen-bond acceptors (Lipinski definition) is 3. The van der Waals surface area contributed by atoms with E-state index >= 15 is 0 Å². The van der Waals surface area contributed by atoms with Crippen LogP contribution in [-0.4, -0.2) is 23.7 Å². The maximum absolute atomic E-state index is 13.5. The average Bonchev–Trinajstić information content (AvgIpc) is 2.29. The second-order valence-electron chi connectivity index (χ2n) is 4.38. The highest BCUT2D eigenvalue weighted by atomic mass is 19.1. The Labute approximate surface area is 104 Å². The molecule has 1 aromatic carbocycles. The molecule has 0 saturated heterocycles. The summed E-state index contributed by atoms with van der Waals surface area (Å²) in [5.41, 5.74) is 4.32. The molecule has 0 aliphatic rings. The zero-order valence-electron chi connectivity index (χ0n) is 10.2. The van der Waals surface area contributed by atoms with E-state index < -0.39 is 34.9 Å². The number of nitrogens with two attached hydrogens (primary N) is 1. The summed E-state index contributed by atoms with van der Waals surface area (Å²) < 4.78 is 26.5. The van der Waals surface area contributed by atoms with Crippen molar-refractivity contribution in [2.45, 2.75) is 20.0 Å². The monoisotopic (exact) mass is 258 g/mol. The van der Waals surface area contributed by atoms with Crippen molar-refractivity contribution in [3.05, 3.63) is 29.3 Å². The lowest BCUT2D eigenvalue weighted by atomic mass is 10.1. The lowest BCUT2D eigenvalue weighted by Gasteiger charge is -2.15. The van der Waals surface area contributed by atoms with Gasteiger partial charge in [0.2, 0.25) is 0 Å². The Morgan fingerprint density at radius 3 is 2.61 bits per heavy atom. The number of amides is 1. The quantitative estimate of drug-likeness (QED) is 0.712. The van der Waals surface area contributed by atoms with Crippen molar-refractivity contribution >= 4 is 11.6 Å². The van der Waals surface area contributed by atoms with E-state index in [1.807, 2.05) is 0 Å². The number of carbonyl (C=O) groups is 1. The summed E-state index contributed by atoms with van der Waals surface area (Å²) in [6, 6.07) is 1.57. The van der Waals surface area contributed by atoms with Crippen LogP contribution >= 0.6 is 0 Å². The molecule has 0 heterocycles. The second kappa shape index (κ2) is 5.77. The van der Waals surface area contributed by atoms with Gasteiger partial charge >= 0.3 is 0 Å². The molecule has 6 heteroatoms. The maximum atomic E-state index is 13.5. The molecule has 0 aliphatic carbocycles. The number of nitrogens with one attached hydrogen (secondary N) is 1. The topological polar surface area (TPSA) is 75.3 Å². The van der Waals surface area contributed by atoms with Crippen LogP contribution in [0, 0.1) is 17.6 Å². The van der Waals surface area contributed by atoms with Crippen LogP contribution < -0.4 is 11.1 Å². The third-order valence-electron chi connectivity index (χ3n) is 2.55. The van der Waals surface area contributed by atoms with E-state index in [4.69, 9.17) is 5.73 Å². The third-order valence-corrected chi connectivity index (χ3v) is 2.55. The van der Waals surface area contributed by atoms with Crippen LogP contribution in [0.3, 0.4) is 0 Å². The van der Waals surface area contributed by atoms with Gasteiger partial charge in [0.15, 0.2) is 5.82 Å². The minimum absolute atomic E-state index is 0.0354. The zero-order chi connectivity index (χ0) is 13.9. The number of nitrogen functional groups attached to an aromatic ring is 1. The molecule has 4 nitrogen and oxygen atoms in total. The van der Waals surface area contributed by atoms with Crippen molar-refractivity contribution in [1.29, 1.82) is 0 Å². The smallest absolute Gasteiger partial charge is 0.254 e. The molecule has 1 unspecified atom stereocenters. The minimum atomic E-state index is -0.965. The molecule has 1 atom stereocenters. The Morgan fingerprint density at radius 1 is 1.44 bits per heavy atom. The largest absolute Gasteiger partial charge is 0.396 e. The lowest BCUT2D eigenvalue weighted by Crippen LogP contribution is -2.35. The van der Waals surface area contributed by atoms with Crippen molar-refractivity contribution in [2.24, 2.45) is 5.92 Å². The fraction of sp³-hybridized carbons (Fsp3) is 0.417. The fourth-order valence-corrected chi connectivity index (χ4v) is 1.30. The average molecular weight is 258 g/mol. The number of rotatable bonds is 4. The van der Waals surface area contributed by atoms with Gasteiger partial charge in [-0.2, -0.15) is 0 Å².